The van der Waals surface area contributed by atoms with E-state index in [0.717, 1.165) is 6.42 Å². The quantitative estimate of drug-likeness (QED) is 0.631. The standard InChI is InChI=1S/C6H15NO3S/c1-5(2)4-6(3)7-11(8,9)10/h5-7H,4H2,1-3H3,(H,8,9,10). The largest absolute Gasteiger partial charge is 0.333 e. The Balaban J connectivity index is 3.80. The van der Waals surface area contributed by atoms with Gasteiger partial charge in [0.2, 0.25) is 0 Å². The fourth-order valence-electron chi connectivity index (χ4n) is 1.01. The molecule has 0 aromatic heterocycles. The molecule has 0 saturated heterocycles. The van der Waals surface area contributed by atoms with Gasteiger partial charge in [0.25, 0.3) is 0 Å². The van der Waals surface area contributed by atoms with Crippen LogP contribution in [0.5, 0.6) is 0 Å². The molecule has 0 aliphatic carbocycles. The molecule has 0 spiro atoms. The normalized spacial score (nSPS) is 15.4. The van der Waals surface area contributed by atoms with Crippen LogP contribution in [0.1, 0.15) is 27.2 Å². The number of rotatable bonds is 4. The summed E-state index contributed by atoms with van der Waals surface area (Å²) in [6.07, 6.45) is 0.722. The van der Waals surface area contributed by atoms with E-state index in [0.29, 0.717) is 5.92 Å². The van der Waals surface area contributed by atoms with Gasteiger partial charge < -0.3 is 0 Å². The van der Waals surface area contributed by atoms with Crippen molar-refractivity contribution in [1.82, 2.24) is 4.72 Å². The molecular formula is C6H15NO3S. The van der Waals surface area contributed by atoms with E-state index >= 15 is 0 Å². The summed E-state index contributed by atoms with van der Waals surface area (Å²) in [5.74, 6) is 0.416. The second-order valence-corrected chi connectivity index (χ2v) is 4.31. The van der Waals surface area contributed by atoms with Gasteiger partial charge in [-0.3, -0.25) is 4.55 Å². The summed E-state index contributed by atoms with van der Waals surface area (Å²) >= 11 is 0. The van der Waals surface area contributed by atoms with E-state index in [9.17, 15) is 8.42 Å². The third-order valence-corrected chi connectivity index (χ3v) is 1.88. The molecule has 0 saturated carbocycles. The summed E-state index contributed by atoms with van der Waals surface area (Å²) in [7, 11) is -4.02. The van der Waals surface area contributed by atoms with Gasteiger partial charge in [-0.15, -0.1) is 0 Å². The second-order valence-electron chi connectivity index (χ2n) is 3.12. The first-order valence-corrected chi connectivity index (χ1v) is 5.00. The Hall–Kier alpha value is -0.130. The lowest BCUT2D eigenvalue weighted by Crippen LogP contribution is -2.32. The minimum Gasteiger partial charge on any atom is -0.273 e. The van der Waals surface area contributed by atoms with Crippen LogP contribution in [0.3, 0.4) is 0 Å². The summed E-state index contributed by atoms with van der Waals surface area (Å²) in [6.45, 7) is 5.69. The molecule has 68 valence electrons. The molecule has 0 fully saturated rings. The molecule has 2 N–H and O–H groups in total. The highest BCUT2D eigenvalue weighted by atomic mass is 32.2. The number of hydrogen-bond acceptors (Lipinski definition) is 2. The van der Waals surface area contributed by atoms with E-state index < -0.39 is 10.3 Å². The Morgan fingerprint density at radius 2 is 1.82 bits per heavy atom. The van der Waals surface area contributed by atoms with Gasteiger partial charge in [0.1, 0.15) is 0 Å². The maximum Gasteiger partial charge on any atom is 0.333 e. The maximum atomic E-state index is 10.3. The number of hydrogen-bond donors (Lipinski definition) is 2. The molecule has 4 nitrogen and oxygen atoms in total. The van der Waals surface area contributed by atoms with Crippen molar-refractivity contribution < 1.29 is 13.0 Å². The van der Waals surface area contributed by atoms with E-state index in [2.05, 4.69) is 4.72 Å². The van der Waals surface area contributed by atoms with E-state index in [1.807, 2.05) is 13.8 Å². The fourth-order valence-corrected chi connectivity index (χ4v) is 1.61. The fraction of sp³-hybridized carbons (Fsp3) is 1.00. The minimum absolute atomic E-state index is 0.204. The highest BCUT2D eigenvalue weighted by molar-refractivity contribution is 7.83. The van der Waals surface area contributed by atoms with Crippen LogP contribution < -0.4 is 4.72 Å². The molecule has 0 heterocycles. The first kappa shape index (κ1) is 10.9. The van der Waals surface area contributed by atoms with E-state index in [1.54, 1.807) is 6.92 Å². The molecule has 0 amide bonds. The van der Waals surface area contributed by atoms with Crippen molar-refractivity contribution in [3.63, 3.8) is 0 Å². The zero-order valence-corrected chi connectivity index (χ0v) is 7.85. The van der Waals surface area contributed by atoms with Crippen LogP contribution in [0, 0.1) is 5.92 Å². The summed E-state index contributed by atoms with van der Waals surface area (Å²) in [6, 6.07) is -0.204. The molecule has 1 atom stereocenters. The Bertz CT molecular complexity index is 198. The lowest BCUT2D eigenvalue weighted by atomic mass is 10.1. The molecule has 0 aromatic rings. The highest BCUT2D eigenvalue weighted by Crippen LogP contribution is 2.03. The Morgan fingerprint density at radius 1 is 1.36 bits per heavy atom. The molecule has 0 aliphatic heterocycles. The van der Waals surface area contributed by atoms with Crippen LogP contribution in [-0.4, -0.2) is 19.0 Å². The van der Waals surface area contributed by atoms with E-state index in [-0.39, 0.29) is 6.04 Å². The Kier molecular flexibility index (Phi) is 3.99. The second kappa shape index (κ2) is 4.04. The molecule has 0 aromatic carbocycles. The molecule has 0 bridgehead atoms. The lowest BCUT2D eigenvalue weighted by Gasteiger charge is -2.12. The number of nitrogens with one attached hydrogen (secondary N) is 1. The first-order chi connectivity index (χ1) is 4.81. The smallest absolute Gasteiger partial charge is 0.273 e. The van der Waals surface area contributed by atoms with Crippen molar-refractivity contribution in [3.8, 4) is 0 Å². The van der Waals surface area contributed by atoms with Crippen LogP contribution in [0.4, 0.5) is 0 Å². The van der Waals surface area contributed by atoms with E-state index in [1.165, 1.54) is 0 Å². The Labute approximate surface area is 67.9 Å². The first-order valence-electron chi connectivity index (χ1n) is 3.56. The van der Waals surface area contributed by atoms with Gasteiger partial charge in [0.05, 0.1) is 0 Å². The van der Waals surface area contributed by atoms with Crippen LogP contribution >= 0.6 is 0 Å². The third kappa shape index (κ3) is 7.77. The third-order valence-electron chi connectivity index (χ3n) is 1.18. The van der Waals surface area contributed by atoms with Crippen molar-refractivity contribution in [3.05, 3.63) is 0 Å². The van der Waals surface area contributed by atoms with Crippen molar-refractivity contribution in [1.29, 1.82) is 0 Å². The highest BCUT2D eigenvalue weighted by Gasteiger charge is 2.10. The van der Waals surface area contributed by atoms with Crippen LogP contribution in [-0.2, 0) is 10.3 Å². The van der Waals surface area contributed by atoms with Gasteiger partial charge in [-0.05, 0) is 19.3 Å². The van der Waals surface area contributed by atoms with Gasteiger partial charge in [0.15, 0.2) is 0 Å². The maximum absolute atomic E-state index is 10.3. The molecule has 11 heavy (non-hydrogen) atoms. The van der Waals surface area contributed by atoms with Gasteiger partial charge in [-0.25, -0.2) is 0 Å². The molecular weight excluding hydrogens is 166 g/mol. The van der Waals surface area contributed by atoms with Crippen molar-refractivity contribution >= 4 is 10.3 Å². The van der Waals surface area contributed by atoms with Crippen LogP contribution in [0.2, 0.25) is 0 Å². The SMILES string of the molecule is CC(C)CC(C)NS(=O)(=O)O. The summed E-state index contributed by atoms with van der Waals surface area (Å²) in [5.41, 5.74) is 0. The molecule has 5 heteroatoms. The topological polar surface area (TPSA) is 66.4 Å². The lowest BCUT2D eigenvalue weighted by molar-refractivity contribution is 0.432. The summed E-state index contributed by atoms with van der Waals surface area (Å²) in [4.78, 5) is 0. The van der Waals surface area contributed by atoms with Crippen molar-refractivity contribution in [2.24, 2.45) is 5.92 Å². The predicted molar refractivity (Wildman–Crippen MR) is 43.6 cm³/mol. The summed E-state index contributed by atoms with van der Waals surface area (Å²) in [5, 5.41) is 0. The van der Waals surface area contributed by atoms with Crippen LogP contribution in [0.25, 0.3) is 0 Å². The molecule has 1 unspecified atom stereocenters. The van der Waals surface area contributed by atoms with Gasteiger partial charge in [-0.1, -0.05) is 13.8 Å². The van der Waals surface area contributed by atoms with E-state index in [4.69, 9.17) is 4.55 Å². The Morgan fingerprint density at radius 3 is 2.09 bits per heavy atom. The van der Waals surface area contributed by atoms with Gasteiger partial charge in [0, 0.05) is 6.04 Å². The molecule has 0 rings (SSSR count). The molecule has 0 radical (unpaired) electrons. The van der Waals surface area contributed by atoms with Gasteiger partial charge >= 0.3 is 10.3 Å². The monoisotopic (exact) mass is 181 g/mol. The predicted octanol–water partition coefficient (Wildman–Crippen LogP) is 0.813. The van der Waals surface area contributed by atoms with Crippen molar-refractivity contribution in [2.45, 2.75) is 33.2 Å². The zero-order chi connectivity index (χ0) is 9.07. The summed E-state index contributed by atoms with van der Waals surface area (Å²) < 4.78 is 31.0. The van der Waals surface area contributed by atoms with Crippen LogP contribution in [0.15, 0.2) is 0 Å². The van der Waals surface area contributed by atoms with Crippen molar-refractivity contribution in [2.75, 3.05) is 0 Å². The zero-order valence-electron chi connectivity index (χ0n) is 7.03. The molecule has 0 aliphatic rings. The van der Waals surface area contributed by atoms with Gasteiger partial charge in [-0.2, -0.15) is 13.1 Å². The minimum atomic E-state index is -4.02. The average molecular weight is 181 g/mol. The average Bonchev–Trinajstić information content (AvgIpc) is 1.53.